The molecular formula is C23H27N3O2. The Balaban J connectivity index is 1.47. The molecule has 2 aromatic rings. The Labute approximate surface area is 166 Å². The molecule has 1 spiro atoms. The van der Waals surface area contributed by atoms with Gasteiger partial charge < -0.3 is 15.1 Å². The molecule has 1 N–H and O–H groups in total. The van der Waals surface area contributed by atoms with Crippen LogP contribution in [0.25, 0.3) is 11.1 Å². The number of carbonyl (C=O) groups excluding carboxylic acids is 2. The van der Waals surface area contributed by atoms with Crippen LogP contribution in [0.15, 0.2) is 54.6 Å². The third-order valence-corrected chi connectivity index (χ3v) is 5.99. The predicted molar refractivity (Wildman–Crippen MR) is 111 cm³/mol. The van der Waals surface area contributed by atoms with Gasteiger partial charge in [0.05, 0.1) is 11.1 Å². The molecular weight excluding hydrogens is 350 g/mol. The molecule has 0 aromatic heterocycles. The van der Waals surface area contributed by atoms with Crippen molar-refractivity contribution in [3.05, 3.63) is 54.6 Å². The maximum Gasteiger partial charge on any atom is 0.321 e. The first-order chi connectivity index (χ1) is 13.6. The Morgan fingerprint density at radius 1 is 1.04 bits per heavy atom. The second-order valence-electron chi connectivity index (χ2n) is 7.84. The van der Waals surface area contributed by atoms with Crippen LogP contribution in [0.1, 0.15) is 26.2 Å². The molecule has 146 valence electrons. The van der Waals surface area contributed by atoms with E-state index in [1.54, 1.807) is 4.90 Å². The Kier molecular flexibility index (Phi) is 5.07. The van der Waals surface area contributed by atoms with Gasteiger partial charge in [-0.25, -0.2) is 4.79 Å². The van der Waals surface area contributed by atoms with E-state index >= 15 is 0 Å². The van der Waals surface area contributed by atoms with Crippen molar-refractivity contribution in [2.24, 2.45) is 5.41 Å². The number of hydrogen-bond donors (Lipinski definition) is 1. The fourth-order valence-electron chi connectivity index (χ4n) is 4.46. The maximum atomic E-state index is 12.9. The average molecular weight is 377 g/mol. The number of likely N-dealkylation sites (tertiary alicyclic amines) is 2. The van der Waals surface area contributed by atoms with Crippen molar-refractivity contribution < 1.29 is 9.59 Å². The summed E-state index contributed by atoms with van der Waals surface area (Å²) >= 11 is 0. The second-order valence-corrected chi connectivity index (χ2v) is 7.84. The van der Waals surface area contributed by atoms with Gasteiger partial charge in [-0.1, -0.05) is 55.5 Å². The van der Waals surface area contributed by atoms with E-state index in [0.29, 0.717) is 13.1 Å². The molecule has 1 atom stereocenters. The number of benzene rings is 2. The monoisotopic (exact) mass is 377 g/mol. The molecule has 4 rings (SSSR count). The van der Waals surface area contributed by atoms with Crippen molar-refractivity contribution in [1.29, 1.82) is 0 Å². The molecule has 0 saturated carbocycles. The minimum absolute atomic E-state index is 0.123. The maximum absolute atomic E-state index is 12.9. The van der Waals surface area contributed by atoms with Crippen molar-refractivity contribution in [2.75, 3.05) is 31.5 Å². The fraction of sp³-hybridized carbons (Fsp3) is 0.391. The normalized spacial score (nSPS) is 21.5. The molecule has 2 fully saturated rings. The fourth-order valence-corrected chi connectivity index (χ4v) is 4.46. The molecule has 5 heteroatoms. The van der Waals surface area contributed by atoms with Crippen molar-refractivity contribution in [3.63, 3.8) is 0 Å². The summed E-state index contributed by atoms with van der Waals surface area (Å²) in [5.74, 6) is 0.231. The quantitative estimate of drug-likeness (QED) is 0.867. The van der Waals surface area contributed by atoms with E-state index in [4.69, 9.17) is 0 Å². The summed E-state index contributed by atoms with van der Waals surface area (Å²) in [7, 11) is 0. The number of amides is 3. The van der Waals surface area contributed by atoms with Gasteiger partial charge in [0.1, 0.15) is 0 Å². The lowest BCUT2D eigenvalue weighted by Crippen LogP contribution is -2.39. The van der Waals surface area contributed by atoms with Crippen LogP contribution in [-0.4, -0.2) is 47.9 Å². The Morgan fingerprint density at radius 3 is 2.54 bits per heavy atom. The minimum Gasteiger partial charge on any atom is -0.342 e. The predicted octanol–water partition coefficient (Wildman–Crippen LogP) is 4.22. The Bertz CT molecular complexity index is 867. The summed E-state index contributed by atoms with van der Waals surface area (Å²) < 4.78 is 0. The number of urea groups is 1. The van der Waals surface area contributed by atoms with Gasteiger partial charge in [0, 0.05) is 31.7 Å². The van der Waals surface area contributed by atoms with E-state index < -0.39 is 0 Å². The summed E-state index contributed by atoms with van der Waals surface area (Å²) in [5, 5.41) is 3.07. The highest BCUT2D eigenvalue weighted by Gasteiger charge is 2.51. The first kappa shape index (κ1) is 18.5. The number of carbonyl (C=O) groups is 2. The minimum atomic E-state index is -0.370. The number of para-hydroxylation sites is 1. The molecule has 2 saturated heterocycles. The molecule has 2 heterocycles. The zero-order valence-corrected chi connectivity index (χ0v) is 16.4. The van der Waals surface area contributed by atoms with Crippen molar-refractivity contribution in [3.8, 4) is 11.1 Å². The van der Waals surface area contributed by atoms with E-state index in [2.05, 4.69) is 12.2 Å². The summed E-state index contributed by atoms with van der Waals surface area (Å²) in [5.41, 5.74) is 2.49. The molecule has 2 aromatic carbocycles. The van der Waals surface area contributed by atoms with Crippen LogP contribution >= 0.6 is 0 Å². The smallest absolute Gasteiger partial charge is 0.321 e. The van der Waals surface area contributed by atoms with E-state index in [-0.39, 0.29) is 17.4 Å². The molecule has 0 aliphatic carbocycles. The van der Waals surface area contributed by atoms with Crippen LogP contribution in [0.3, 0.4) is 0 Å². The van der Waals surface area contributed by atoms with Gasteiger partial charge in [-0.2, -0.15) is 0 Å². The largest absolute Gasteiger partial charge is 0.342 e. The van der Waals surface area contributed by atoms with Crippen molar-refractivity contribution in [2.45, 2.75) is 26.2 Å². The highest BCUT2D eigenvalue weighted by atomic mass is 16.2. The van der Waals surface area contributed by atoms with Gasteiger partial charge in [0.2, 0.25) is 5.91 Å². The van der Waals surface area contributed by atoms with E-state index in [1.165, 1.54) is 0 Å². The zero-order chi connectivity index (χ0) is 19.6. The van der Waals surface area contributed by atoms with Crippen LogP contribution in [0.4, 0.5) is 10.5 Å². The van der Waals surface area contributed by atoms with Crippen LogP contribution in [0.5, 0.6) is 0 Å². The summed E-state index contributed by atoms with van der Waals surface area (Å²) in [4.78, 5) is 29.6. The van der Waals surface area contributed by atoms with Crippen LogP contribution in [0, 0.1) is 5.41 Å². The lowest BCUT2D eigenvalue weighted by Gasteiger charge is -2.24. The molecule has 1 unspecified atom stereocenters. The number of hydrogen-bond acceptors (Lipinski definition) is 2. The Morgan fingerprint density at radius 2 is 1.75 bits per heavy atom. The van der Waals surface area contributed by atoms with Gasteiger partial charge >= 0.3 is 6.03 Å². The molecule has 3 amide bonds. The lowest BCUT2D eigenvalue weighted by atomic mass is 9.85. The van der Waals surface area contributed by atoms with E-state index in [0.717, 1.165) is 49.2 Å². The number of anilines is 1. The lowest BCUT2D eigenvalue weighted by molar-refractivity contribution is -0.135. The summed E-state index contributed by atoms with van der Waals surface area (Å²) in [6.07, 6.45) is 2.60. The molecule has 5 nitrogen and oxygen atoms in total. The molecule has 0 radical (unpaired) electrons. The third kappa shape index (κ3) is 3.37. The van der Waals surface area contributed by atoms with Crippen molar-refractivity contribution >= 4 is 17.6 Å². The SMILES string of the molecule is CCCN1CCC2(CCN(C(=O)Nc3ccccc3-c3ccccc3)C2)C1=O. The zero-order valence-electron chi connectivity index (χ0n) is 16.4. The van der Waals surface area contributed by atoms with Crippen LogP contribution < -0.4 is 5.32 Å². The standard InChI is InChI=1S/C23H27N3O2/c1-2-14-25-15-12-23(21(25)27)13-16-26(17-23)22(28)24-20-11-7-6-10-19(20)18-8-4-3-5-9-18/h3-11H,2,12-17H2,1H3,(H,24,28). The summed E-state index contributed by atoms with van der Waals surface area (Å²) in [6.45, 7) is 4.88. The van der Waals surface area contributed by atoms with Crippen LogP contribution in [0.2, 0.25) is 0 Å². The second kappa shape index (κ2) is 7.66. The Hall–Kier alpha value is -2.82. The van der Waals surface area contributed by atoms with Gasteiger partial charge in [-0.3, -0.25) is 4.79 Å². The number of rotatable bonds is 4. The molecule has 28 heavy (non-hydrogen) atoms. The van der Waals surface area contributed by atoms with E-state index in [1.807, 2.05) is 59.5 Å². The van der Waals surface area contributed by atoms with Gasteiger partial charge in [0.15, 0.2) is 0 Å². The molecule has 2 aliphatic rings. The van der Waals surface area contributed by atoms with E-state index in [9.17, 15) is 9.59 Å². The van der Waals surface area contributed by atoms with Gasteiger partial charge in [0.25, 0.3) is 0 Å². The molecule has 0 bridgehead atoms. The summed E-state index contributed by atoms with van der Waals surface area (Å²) in [6, 6.07) is 17.8. The first-order valence-corrected chi connectivity index (χ1v) is 10.1. The molecule has 2 aliphatic heterocycles. The third-order valence-electron chi connectivity index (χ3n) is 5.99. The van der Waals surface area contributed by atoms with Crippen LogP contribution in [-0.2, 0) is 4.79 Å². The highest BCUT2D eigenvalue weighted by Crippen LogP contribution is 2.41. The number of nitrogens with one attached hydrogen (secondary N) is 1. The first-order valence-electron chi connectivity index (χ1n) is 10.1. The van der Waals surface area contributed by atoms with Gasteiger partial charge in [-0.05, 0) is 30.9 Å². The topological polar surface area (TPSA) is 52.6 Å². The average Bonchev–Trinajstić information content (AvgIpc) is 3.29. The van der Waals surface area contributed by atoms with Gasteiger partial charge in [-0.15, -0.1) is 0 Å². The van der Waals surface area contributed by atoms with Crippen molar-refractivity contribution in [1.82, 2.24) is 9.80 Å². The number of nitrogens with zero attached hydrogens (tertiary/aromatic N) is 2. The highest BCUT2D eigenvalue weighted by molar-refractivity contribution is 5.95.